The summed E-state index contributed by atoms with van der Waals surface area (Å²) in [4.78, 5) is 18.2. The number of para-hydroxylation sites is 1. The van der Waals surface area contributed by atoms with Crippen molar-refractivity contribution < 1.29 is 13.2 Å². The van der Waals surface area contributed by atoms with E-state index in [1.807, 2.05) is 30.3 Å². The third kappa shape index (κ3) is 4.37. The fourth-order valence-corrected chi connectivity index (χ4v) is 7.20. The van der Waals surface area contributed by atoms with Gasteiger partial charge in [-0.05, 0) is 25.0 Å². The normalized spacial score (nSPS) is 21.5. The highest BCUT2D eigenvalue weighted by atomic mass is 32.2. The molecule has 5 rings (SSSR count). The first-order valence-corrected chi connectivity index (χ1v) is 13.7. The molecule has 0 unspecified atom stereocenters. The number of Topliss-reactive ketones (excluding diaryl/α,β-unsaturated/α-hetero) is 1. The molecule has 0 aliphatic carbocycles. The van der Waals surface area contributed by atoms with Crippen molar-refractivity contribution in [2.75, 3.05) is 44.2 Å². The summed E-state index contributed by atoms with van der Waals surface area (Å²) in [6.45, 7) is 6.50. The molecule has 2 aliphatic heterocycles. The number of aromatic nitrogens is 1. The first-order valence-electron chi connectivity index (χ1n) is 11.8. The molecule has 7 heteroatoms. The first kappa shape index (κ1) is 22.3. The fourth-order valence-electron chi connectivity index (χ4n) is 5.44. The van der Waals surface area contributed by atoms with Gasteiger partial charge in [-0.25, -0.2) is 8.42 Å². The van der Waals surface area contributed by atoms with E-state index in [0.717, 1.165) is 66.9 Å². The van der Waals surface area contributed by atoms with Crippen molar-refractivity contribution in [2.45, 2.75) is 25.9 Å². The number of carbonyl (C=O) groups is 1. The molecule has 0 N–H and O–H groups in total. The minimum absolute atomic E-state index is 0.139. The molecular formula is C26H31N3O3S. The molecule has 0 saturated carbocycles. The lowest BCUT2D eigenvalue weighted by Gasteiger charge is -2.37. The molecule has 1 aromatic heterocycles. The van der Waals surface area contributed by atoms with Crippen molar-refractivity contribution in [2.24, 2.45) is 0 Å². The van der Waals surface area contributed by atoms with Crippen LogP contribution < -0.4 is 0 Å². The number of fused-ring (bicyclic) bond motifs is 1. The molecule has 174 valence electrons. The Morgan fingerprint density at radius 3 is 2.33 bits per heavy atom. The third-order valence-corrected chi connectivity index (χ3v) is 8.86. The van der Waals surface area contributed by atoms with E-state index < -0.39 is 9.84 Å². The van der Waals surface area contributed by atoms with E-state index in [1.54, 1.807) is 0 Å². The molecule has 2 aromatic carbocycles. The van der Waals surface area contributed by atoms with Gasteiger partial charge < -0.3 is 4.57 Å². The topological polar surface area (TPSA) is 62.6 Å². The van der Waals surface area contributed by atoms with Gasteiger partial charge in [0.15, 0.2) is 15.6 Å². The van der Waals surface area contributed by atoms with Crippen molar-refractivity contribution in [3.8, 4) is 11.3 Å². The lowest BCUT2D eigenvalue weighted by molar-refractivity contribution is 0.0798. The van der Waals surface area contributed by atoms with E-state index in [0.29, 0.717) is 12.3 Å². The molecular weight excluding hydrogens is 434 g/mol. The highest BCUT2D eigenvalue weighted by molar-refractivity contribution is 7.91. The highest BCUT2D eigenvalue weighted by Gasteiger charge is 2.34. The molecule has 1 atom stereocenters. The SMILES string of the molecule is CCn1c(-c2ccccc2)c(C(=O)CN2CCN([C@H]3CCS(=O)(=O)C3)CC2)c2ccccc21. The van der Waals surface area contributed by atoms with Crippen LogP contribution in [0.15, 0.2) is 54.6 Å². The van der Waals surface area contributed by atoms with Gasteiger partial charge >= 0.3 is 0 Å². The van der Waals surface area contributed by atoms with E-state index >= 15 is 0 Å². The van der Waals surface area contributed by atoms with Gasteiger partial charge in [-0.3, -0.25) is 14.6 Å². The summed E-state index contributed by atoms with van der Waals surface area (Å²) in [6, 6.07) is 18.5. The summed E-state index contributed by atoms with van der Waals surface area (Å²) >= 11 is 0. The molecule has 2 fully saturated rings. The minimum atomic E-state index is -2.88. The molecule has 0 bridgehead atoms. The number of hydrogen-bond donors (Lipinski definition) is 0. The zero-order valence-electron chi connectivity index (χ0n) is 19.1. The lowest BCUT2D eigenvalue weighted by Crippen LogP contribution is -2.51. The van der Waals surface area contributed by atoms with Gasteiger partial charge in [0, 0.05) is 49.7 Å². The monoisotopic (exact) mass is 465 g/mol. The number of carbonyl (C=O) groups excluding carboxylic acids is 1. The summed E-state index contributed by atoms with van der Waals surface area (Å²) in [5, 5.41) is 1.01. The number of rotatable bonds is 6. The Morgan fingerprint density at radius 1 is 0.970 bits per heavy atom. The summed E-state index contributed by atoms with van der Waals surface area (Å²) in [7, 11) is -2.88. The Kier molecular flexibility index (Phi) is 6.12. The Bertz CT molecular complexity index is 1260. The van der Waals surface area contributed by atoms with Crippen molar-refractivity contribution in [1.82, 2.24) is 14.4 Å². The lowest BCUT2D eigenvalue weighted by atomic mass is 10.0. The number of aryl methyl sites for hydroxylation is 1. The van der Waals surface area contributed by atoms with Gasteiger partial charge in [0.1, 0.15) is 0 Å². The predicted molar refractivity (Wildman–Crippen MR) is 132 cm³/mol. The standard InChI is InChI=1S/C26H31N3O3S/c1-2-29-23-11-7-6-10-22(23)25(26(29)20-8-4-3-5-9-20)24(30)18-27-13-15-28(16-14-27)21-12-17-33(31,32)19-21/h3-11,21H,2,12-19H2,1H3/t21-/m0/s1. The van der Waals surface area contributed by atoms with Crippen LogP contribution in [-0.2, 0) is 16.4 Å². The van der Waals surface area contributed by atoms with Crippen LogP contribution in [0.3, 0.4) is 0 Å². The third-order valence-electron chi connectivity index (χ3n) is 7.11. The maximum atomic E-state index is 13.7. The minimum Gasteiger partial charge on any atom is -0.340 e. The quantitative estimate of drug-likeness (QED) is 0.523. The summed E-state index contributed by atoms with van der Waals surface area (Å²) in [6.07, 6.45) is 0.734. The number of piperazine rings is 1. The second-order valence-electron chi connectivity index (χ2n) is 9.14. The number of hydrogen-bond acceptors (Lipinski definition) is 5. The van der Waals surface area contributed by atoms with E-state index in [-0.39, 0.29) is 17.6 Å². The Morgan fingerprint density at radius 2 is 1.67 bits per heavy atom. The zero-order valence-corrected chi connectivity index (χ0v) is 19.9. The molecule has 2 aliphatic rings. The molecule has 0 amide bonds. The average molecular weight is 466 g/mol. The predicted octanol–water partition coefficient (Wildman–Crippen LogP) is 3.32. The highest BCUT2D eigenvalue weighted by Crippen LogP contribution is 2.34. The van der Waals surface area contributed by atoms with Crippen LogP contribution >= 0.6 is 0 Å². The Balaban J connectivity index is 1.38. The van der Waals surface area contributed by atoms with Crippen LogP contribution in [0.4, 0.5) is 0 Å². The van der Waals surface area contributed by atoms with Crippen LogP contribution in [0, 0.1) is 0 Å². The van der Waals surface area contributed by atoms with E-state index in [2.05, 4.69) is 45.6 Å². The number of nitrogens with zero attached hydrogens (tertiary/aromatic N) is 3. The van der Waals surface area contributed by atoms with Gasteiger partial charge in [0.05, 0.1) is 29.3 Å². The smallest absolute Gasteiger partial charge is 0.179 e. The van der Waals surface area contributed by atoms with Gasteiger partial charge in [-0.2, -0.15) is 0 Å². The first-order chi connectivity index (χ1) is 16.0. The molecule has 2 saturated heterocycles. The molecule has 6 nitrogen and oxygen atoms in total. The maximum Gasteiger partial charge on any atom is 0.179 e. The number of benzene rings is 2. The van der Waals surface area contributed by atoms with Crippen LogP contribution in [0.25, 0.3) is 22.2 Å². The van der Waals surface area contributed by atoms with Crippen LogP contribution in [0.2, 0.25) is 0 Å². The van der Waals surface area contributed by atoms with Crippen LogP contribution in [0.1, 0.15) is 23.7 Å². The summed E-state index contributed by atoms with van der Waals surface area (Å²) < 4.78 is 25.9. The maximum absolute atomic E-state index is 13.7. The van der Waals surface area contributed by atoms with Crippen molar-refractivity contribution in [1.29, 1.82) is 0 Å². The molecule has 33 heavy (non-hydrogen) atoms. The van der Waals surface area contributed by atoms with Crippen molar-refractivity contribution in [3.63, 3.8) is 0 Å². The Labute approximate surface area is 195 Å². The Hall–Kier alpha value is -2.48. The number of ketones is 1. The van der Waals surface area contributed by atoms with E-state index in [1.165, 1.54) is 0 Å². The number of sulfone groups is 1. The van der Waals surface area contributed by atoms with E-state index in [4.69, 9.17) is 0 Å². The molecule has 3 heterocycles. The van der Waals surface area contributed by atoms with Gasteiger partial charge in [-0.15, -0.1) is 0 Å². The van der Waals surface area contributed by atoms with Gasteiger partial charge in [0.25, 0.3) is 0 Å². The summed E-state index contributed by atoms with van der Waals surface area (Å²) in [5.41, 5.74) is 3.96. The van der Waals surface area contributed by atoms with Crippen molar-refractivity contribution in [3.05, 3.63) is 60.2 Å². The molecule has 0 radical (unpaired) electrons. The van der Waals surface area contributed by atoms with Crippen LogP contribution in [-0.4, -0.2) is 78.8 Å². The average Bonchev–Trinajstić information content (AvgIpc) is 3.37. The second-order valence-corrected chi connectivity index (χ2v) is 11.4. The van der Waals surface area contributed by atoms with Crippen LogP contribution in [0.5, 0.6) is 0 Å². The largest absolute Gasteiger partial charge is 0.340 e. The van der Waals surface area contributed by atoms with Gasteiger partial charge in [0.2, 0.25) is 0 Å². The summed E-state index contributed by atoms with van der Waals surface area (Å²) in [5.74, 6) is 0.734. The van der Waals surface area contributed by atoms with Crippen molar-refractivity contribution >= 4 is 26.5 Å². The molecule has 0 spiro atoms. The van der Waals surface area contributed by atoms with E-state index in [9.17, 15) is 13.2 Å². The molecule has 3 aromatic rings. The van der Waals surface area contributed by atoms with Gasteiger partial charge in [-0.1, -0.05) is 48.5 Å². The fraction of sp³-hybridized carbons (Fsp3) is 0.423. The second kappa shape index (κ2) is 9.05. The zero-order chi connectivity index (χ0) is 23.0.